The van der Waals surface area contributed by atoms with E-state index >= 15 is 0 Å². The summed E-state index contributed by atoms with van der Waals surface area (Å²) >= 11 is 0. The maximum absolute atomic E-state index is 12.1. The van der Waals surface area contributed by atoms with Crippen LogP contribution in [0.15, 0.2) is 72.8 Å². The van der Waals surface area contributed by atoms with Crippen LogP contribution in [0.2, 0.25) is 0 Å². The fourth-order valence-electron chi connectivity index (χ4n) is 5.90. The number of carbonyl (C=O) groups is 1. The van der Waals surface area contributed by atoms with Gasteiger partial charge in [-0.15, -0.1) is 0 Å². The number of rotatable bonds is 14. The highest BCUT2D eigenvalue weighted by Gasteiger charge is 2.44. The Morgan fingerprint density at radius 3 is 2.10 bits per heavy atom. The van der Waals surface area contributed by atoms with Crippen LogP contribution in [0.4, 0.5) is 0 Å². The van der Waals surface area contributed by atoms with Gasteiger partial charge in [-0.3, -0.25) is 0 Å². The Bertz CT molecular complexity index is 1360. The van der Waals surface area contributed by atoms with Gasteiger partial charge in [-0.1, -0.05) is 62.0 Å². The summed E-state index contributed by atoms with van der Waals surface area (Å²) in [5.74, 6) is 1.21. The van der Waals surface area contributed by atoms with Gasteiger partial charge in [0.05, 0.1) is 19.8 Å². The predicted octanol–water partition coefficient (Wildman–Crippen LogP) is 6.74. The lowest BCUT2D eigenvalue weighted by Crippen LogP contribution is -2.34. The van der Waals surface area contributed by atoms with Gasteiger partial charge < -0.3 is 23.7 Å². The number of esters is 1. The van der Waals surface area contributed by atoms with E-state index in [2.05, 4.69) is 69.0 Å². The Kier molecular flexibility index (Phi) is 10.2. The monoisotopic (exact) mass is 558 g/mol. The first-order valence-electron chi connectivity index (χ1n) is 14.2. The molecule has 3 aromatic rings. The van der Waals surface area contributed by atoms with E-state index in [1.807, 2.05) is 12.1 Å². The van der Waals surface area contributed by atoms with Crippen LogP contribution < -0.4 is 9.47 Å². The summed E-state index contributed by atoms with van der Waals surface area (Å²) in [4.78, 5) is 12.1. The third kappa shape index (κ3) is 6.50. The summed E-state index contributed by atoms with van der Waals surface area (Å²) in [5, 5.41) is 0. The number of benzene rings is 3. The molecule has 0 bridgehead atoms. The summed E-state index contributed by atoms with van der Waals surface area (Å²) in [6.07, 6.45) is 1.41. The first-order chi connectivity index (χ1) is 19.8. The maximum atomic E-state index is 12.1. The van der Waals surface area contributed by atoms with Crippen molar-refractivity contribution in [2.75, 3.05) is 47.3 Å². The lowest BCUT2D eigenvalue weighted by Gasteiger charge is -2.43. The van der Waals surface area contributed by atoms with Gasteiger partial charge in [0.25, 0.3) is 0 Å². The molecule has 1 aliphatic carbocycles. The second kappa shape index (κ2) is 13.8. The van der Waals surface area contributed by atoms with Crippen molar-refractivity contribution < 1.29 is 28.5 Å². The molecule has 0 heterocycles. The fraction of sp³-hybridized carbons (Fsp3) is 0.400. The molecular formula is C35H42O6. The van der Waals surface area contributed by atoms with Crippen LogP contribution in [-0.4, -0.2) is 53.2 Å². The molecule has 0 radical (unpaired) electrons. The van der Waals surface area contributed by atoms with Gasteiger partial charge in [-0.2, -0.15) is 0 Å². The molecule has 0 aliphatic heterocycles. The quantitative estimate of drug-likeness (QED) is 0.124. The molecule has 0 saturated heterocycles. The number of methoxy groups -OCH3 is 2. The van der Waals surface area contributed by atoms with Gasteiger partial charge in [-0.05, 0) is 61.1 Å². The van der Waals surface area contributed by atoms with Crippen LogP contribution in [-0.2, 0) is 24.4 Å². The van der Waals surface area contributed by atoms with Gasteiger partial charge >= 0.3 is 5.97 Å². The molecule has 0 aromatic heterocycles. The zero-order valence-electron chi connectivity index (χ0n) is 25.0. The van der Waals surface area contributed by atoms with E-state index in [4.69, 9.17) is 23.7 Å². The first-order valence-corrected chi connectivity index (χ1v) is 14.2. The second-order valence-electron chi connectivity index (χ2n) is 10.8. The van der Waals surface area contributed by atoms with E-state index in [-0.39, 0.29) is 11.9 Å². The summed E-state index contributed by atoms with van der Waals surface area (Å²) < 4.78 is 29.0. The largest absolute Gasteiger partial charge is 0.491 e. The van der Waals surface area contributed by atoms with Crippen molar-refractivity contribution in [1.82, 2.24) is 0 Å². The molecule has 0 fully saturated rings. The zero-order valence-corrected chi connectivity index (χ0v) is 25.0. The van der Waals surface area contributed by atoms with Crippen molar-refractivity contribution in [2.45, 2.75) is 44.9 Å². The van der Waals surface area contributed by atoms with E-state index in [9.17, 15) is 4.79 Å². The predicted molar refractivity (Wildman–Crippen MR) is 161 cm³/mol. The van der Waals surface area contributed by atoms with Crippen LogP contribution in [0.1, 0.15) is 66.0 Å². The average Bonchev–Trinajstić information content (AvgIpc) is 2.97. The minimum absolute atomic E-state index is 0.0553. The Balaban J connectivity index is 1.92. The molecule has 3 aromatic carbocycles. The van der Waals surface area contributed by atoms with Crippen LogP contribution in [0.5, 0.6) is 11.5 Å². The highest BCUT2D eigenvalue weighted by molar-refractivity contribution is 5.86. The van der Waals surface area contributed by atoms with E-state index in [1.54, 1.807) is 21.1 Å². The normalized spacial score (nSPS) is 17.3. The Morgan fingerprint density at radius 2 is 1.44 bits per heavy atom. The fourth-order valence-corrected chi connectivity index (χ4v) is 5.90. The van der Waals surface area contributed by atoms with Crippen LogP contribution >= 0.6 is 0 Å². The lowest BCUT2D eigenvalue weighted by molar-refractivity contribution is -0.139. The number of hydrogen-bond donors (Lipinski definition) is 0. The van der Waals surface area contributed by atoms with Crippen LogP contribution in [0.25, 0.3) is 0 Å². The topological polar surface area (TPSA) is 63.2 Å². The van der Waals surface area contributed by atoms with Crippen molar-refractivity contribution in [3.63, 3.8) is 0 Å². The Labute approximate surface area is 244 Å². The van der Waals surface area contributed by atoms with Crippen LogP contribution in [0, 0.1) is 6.92 Å². The third-order valence-corrected chi connectivity index (χ3v) is 7.87. The third-order valence-electron chi connectivity index (χ3n) is 7.87. The molecule has 0 N–H and O–H groups in total. The molecular weight excluding hydrogens is 516 g/mol. The molecule has 41 heavy (non-hydrogen) atoms. The number of fused-ring (bicyclic) bond motifs is 2. The molecule has 1 aliphatic rings. The maximum Gasteiger partial charge on any atom is 0.333 e. The Hall–Kier alpha value is -3.61. The van der Waals surface area contributed by atoms with E-state index < -0.39 is 5.41 Å². The smallest absolute Gasteiger partial charge is 0.333 e. The van der Waals surface area contributed by atoms with Crippen molar-refractivity contribution in [1.29, 1.82) is 0 Å². The van der Waals surface area contributed by atoms with Crippen molar-refractivity contribution >= 4 is 5.97 Å². The number of aryl methyl sites for hydroxylation is 1. The molecule has 2 unspecified atom stereocenters. The van der Waals surface area contributed by atoms with Gasteiger partial charge in [0.1, 0.15) is 24.7 Å². The molecule has 0 spiro atoms. The second-order valence-corrected chi connectivity index (χ2v) is 10.8. The van der Waals surface area contributed by atoms with Gasteiger partial charge in [0.2, 0.25) is 0 Å². The van der Waals surface area contributed by atoms with Crippen molar-refractivity contribution in [3.05, 3.63) is 106 Å². The summed E-state index contributed by atoms with van der Waals surface area (Å²) in [7, 11) is 3.35. The first kappa shape index (κ1) is 30.4. The van der Waals surface area contributed by atoms with Crippen molar-refractivity contribution in [2.24, 2.45) is 0 Å². The number of hydrogen-bond acceptors (Lipinski definition) is 6. The van der Waals surface area contributed by atoms with E-state index in [1.165, 1.54) is 22.3 Å². The lowest BCUT2D eigenvalue weighted by atomic mass is 9.60. The minimum atomic E-state index is -0.441. The molecule has 218 valence electrons. The van der Waals surface area contributed by atoms with E-state index in [0.29, 0.717) is 45.0 Å². The van der Waals surface area contributed by atoms with Gasteiger partial charge in [0.15, 0.2) is 0 Å². The molecule has 2 atom stereocenters. The molecule has 6 heteroatoms. The Morgan fingerprint density at radius 1 is 0.829 bits per heavy atom. The SMILES string of the molecule is C=C(C)C(=O)OCCCC1(C)c2ccccc2C(c2ccccc2C)c2c(OCCOC)ccc(OCCOC)c21. The summed E-state index contributed by atoms with van der Waals surface area (Å²) in [5.41, 5.74) is 7.07. The number of ether oxygens (including phenoxy) is 5. The summed E-state index contributed by atoms with van der Waals surface area (Å²) in [6, 6.07) is 21.2. The molecule has 4 rings (SSSR count). The van der Waals surface area contributed by atoms with Gasteiger partial charge in [0, 0.05) is 42.3 Å². The van der Waals surface area contributed by atoms with E-state index in [0.717, 1.165) is 29.0 Å². The zero-order chi connectivity index (χ0) is 29.4. The number of carbonyl (C=O) groups excluding carboxylic acids is 1. The van der Waals surface area contributed by atoms with Gasteiger partial charge in [-0.25, -0.2) is 4.79 Å². The summed E-state index contributed by atoms with van der Waals surface area (Å²) in [6.45, 7) is 11.9. The minimum Gasteiger partial charge on any atom is -0.491 e. The molecule has 0 saturated carbocycles. The highest BCUT2D eigenvalue weighted by atomic mass is 16.5. The average molecular weight is 559 g/mol. The highest BCUT2D eigenvalue weighted by Crippen LogP contribution is 2.56. The standard InChI is InChI=1S/C35H42O6/c1-24(2)34(36)41-19-11-18-35(4)28-15-10-9-14-27(28)31(26-13-8-7-12-25(26)3)32-29(39-22-20-37-5)16-17-30(33(32)35)40-23-21-38-6/h7-10,12-17,31H,1,11,18-23H2,2-6H3. The van der Waals surface area contributed by atoms with Crippen molar-refractivity contribution in [3.8, 4) is 11.5 Å². The molecule has 6 nitrogen and oxygen atoms in total. The van der Waals surface area contributed by atoms with Crippen LogP contribution in [0.3, 0.4) is 0 Å². The molecule has 0 amide bonds.